The maximum absolute atomic E-state index is 5.84. The summed E-state index contributed by atoms with van der Waals surface area (Å²) >= 11 is 0. The molecule has 1 heterocycles. The van der Waals surface area contributed by atoms with Gasteiger partial charge in [-0.1, -0.05) is 0 Å². The van der Waals surface area contributed by atoms with Crippen LogP contribution in [0.5, 0.6) is 5.75 Å². The van der Waals surface area contributed by atoms with Crippen LogP contribution in [0.1, 0.15) is 12.8 Å². The first-order valence-corrected chi connectivity index (χ1v) is 6.42. The Bertz CT molecular complexity index is 393. The molecule has 0 aromatic heterocycles. The number of nitrogen functional groups attached to an aromatic ring is 1. The Balaban J connectivity index is 2.10. The second-order valence-electron chi connectivity index (χ2n) is 4.84. The van der Waals surface area contributed by atoms with Gasteiger partial charge in [-0.2, -0.15) is 0 Å². The molecule has 1 aromatic carbocycles. The summed E-state index contributed by atoms with van der Waals surface area (Å²) in [6, 6.07) is 5.99. The summed E-state index contributed by atoms with van der Waals surface area (Å²) in [5.41, 5.74) is 7.71. The van der Waals surface area contributed by atoms with Crippen molar-refractivity contribution in [3.05, 3.63) is 18.2 Å². The summed E-state index contributed by atoms with van der Waals surface area (Å²) in [6.07, 6.45) is 2.46. The number of hydrogen-bond donors (Lipinski definition) is 1. The van der Waals surface area contributed by atoms with E-state index in [9.17, 15) is 0 Å². The van der Waals surface area contributed by atoms with Crippen LogP contribution >= 0.6 is 0 Å². The van der Waals surface area contributed by atoms with Crippen LogP contribution in [0.4, 0.5) is 11.4 Å². The highest BCUT2D eigenvalue weighted by Crippen LogP contribution is 2.30. The average molecular weight is 250 g/mol. The summed E-state index contributed by atoms with van der Waals surface area (Å²) in [7, 11) is 3.42. The van der Waals surface area contributed by atoms with E-state index in [2.05, 4.69) is 11.0 Å². The molecule has 18 heavy (non-hydrogen) atoms. The zero-order chi connectivity index (χ0) is 13.0. The number of hydrogen-bond acceptors (Lipinski definition) is 4. The molecule has 4 nitrogen and oxygen atoms in total. The summed E-state index contributed by atoms with van der Waals surface area (Å²) in [6.45, 7) is 2.97. The number of piperidine rings is 1. The second kappa shape index (κ2) is 5.96. The predicted octanol–water partition coefficient (Wildman–Crippen LogP) is 2.14. The van der Waals surface area contributed by atoms with Crippen LogP contribution in [0.25, 0.3) is 0 Å². The van der Waals surface area contributed by atoms with Crippen LogP contribution in [0.2, 0.25) is 0 Å². The molecule has 1 aliphatic heterocycles. The van der Waals surface area contributed by atoms with Crippen molar-refractivity contribution in [3.8, 4) is 5.75 Å². The molecule has 0 aliphatic carbocycles. The van der Waals surface area contributed by atoms with E-state index in [1.54, 1.807) is 14.2 Å². The van der Waals surface area contributed by atoms with Gasteiger partial charge in [-0.15, -0.1) is 0 Å². The lowest BCUT2D eigenvalue weighted by Gasteiger charge is -2.34. The minimum Gasteiger partial charge on any atom is -0.495 e. The van der Waals surface area contributed by atoms with Crippen molar-refractivity contribution in [1.29, 1.82) is 0 Å². The second-order valence-corrected chi connectivity index (χ2v) is 4.84. The fourth-order valence-corrected chi connectivity index (χ4v) is 2.57. The van der Waals surface area contributed by atoms with E-state index >= 15 is 0 Å². The molecule has 0 radical (unpaired) electrons. The standard InChI is InChI=1S/C14H22N2O2/c1-17-10-11-4-3-7-16(9-11)12-5-6-13(15)14(8-12)18-2/h5-6,8,11H,3-4,7,9-10,15H2,1-2H3. The number of benzene rings is 1. The molecule has 0 spiro atoms. The molecule has 1 aliphatic rings. The third-order valence-electron chi connectivity index (χ3n) is 3.50. The normalized spacial score (nSPS) is 19.9. The molecular weight excluding hydrogens is 228 g/mol. The van der Waals surface area contributed by atoms with Gasteiger partial charge in [0.1, 0.15) is 5.75 Å². The van der Waals surface area contributed by atoms with E-state index in [-0.39, 0.29) is 0 Å². The molecule has 2 rings (SSSR count). The monoisotopic (exact) mass is 250 g/mol. The van der Waals surface area contributed by atoms with Crippen molar-refractivity contribution in [2.45, 2.75) is 12.8 Å². The van der Waals surface area contributed by atoms with Crippen LogP contribution in [-0.2, 0) is 4.74 Å². The molecule has 0 bridgehead atoms. The molecule has 1 aromatic rings. The topological polar surface area (TPSA) is 47.7 Å². The Morgan fingerprint density at radius 2 is 2.22 bits per heavy atom. The maximum atomic E-state index is 5.84. The minimum atomic E-state index is 0.618. The first-order chi connectivity index (χ1) is 8.74. The van der Waals surface area contributed by atoms with Crippen molar-refractivity contribution in [3.63, 3.8) is 0 Å². The highest BCUT2D eigenvalue weighted by Gasteiger charge is 2.20. The third kappa shape index (κ3) is 2.88. The number of methoxy groups -OCH3 is 2. The molecule has 100 valence electrons. The SMILES string of the molecule is COCC1CCCN(c2ccc(N)c(OC)c2)C1. The van der Waals surface area contributed by atoms with Gasteiger partial charge in [0, 0.05) is 32.0 Å². The van der Waals surface area contributed by atoms with Gasteiger partial charge < -0.3 is 20.1 Å². The van der Waals surface area contributed by atoms with Gasteiger partial charge in [-0.25, -0.2) is 0 Å². The lowest BCUT2D eigenvalue weighted by atomic mass is 9.98. The highest BCUT2D eigenvalue weighted by molar-refractivity contribution is 5.62. The largest absolute Gasteiger partial charge is 0.495 e. The summed E-state index contributed by atoms with van der Waals surface area (Å²) in [4.78, 5) is 2.38. The molecule has 1 fully saturated rings. The van der Waals surface area contributed by atoms with E-state index in [1.165, 1.54) is 18.5 Å². The van der Waals surface area contributed by atoms with E-state index in [0.29, 0.717) is 11.6 Å². The molecule has 0 amide bonds. The van der Waals surface area contributed by atoms with Crippen molar-refractivity contribution in [2.75, 3.05) is 44.5 Å². The van der Waals surface area contributed by atoms with Gasteiger partial charge in [0.25, 0.3) is 0 Å². The van der Waals surface area contributed by atoms with Crippen molar-refractivity contribution in [2.24, 2.45) is 5.92 Å². The zero-order valence-corrected chi connectivity index (χ0v) is 11.2. The van der Waals surface area contributed by atoms with E-state index in [1.807, 2.05) is 12.1 Å². The average Bonchev–Trinajstić information content (AvgIpc) is 2.40. The van der Waals surface area contributed by atoms with E-state index in [0.717, 1.165) is 25.4 Å². The summed E-state index contributed by atoms with van der Waals surface area (Å²) in [5.74, 6) is 1.37. The Hall–Kier alpha value is -1.42. The van der Waals surface area contributed by atoms with Crippen LogP contribution in [-0.4, -0.2) is 33.9 Å². The fraction of sp³-hybridized carbons (Fsp3) is 0.571. The van der Waals surface area contributed by atoms with Crippen molar-refractivity contribution in [1.82, 2.24) is 0 Å². The molecule has 2 N–H and O–H groups in total. The number of rotatable bonds is 4. The summed E-state index contributed by atoms with van der Waals surface area (Å²) < 4.78 is 10.5. The smallest absolute Gasteiger partial charge is 0.143 e. The molecule has 4 heteroatoms. The summed E-state index contributed by atoms with van der Waals surface area (Å²) in [5, 5.41) is 0. The lowest BCUT2D eigenvalue weighted by molar-refractivity contribution is 0.143. The van der Waals surface area contributed by atoms with Crippen LogP contribution in [0.3, 0.4) is 0 Å². The number of anilines is 2. The van der Waals surface area contributed by atoms with Gasteiger partial charge >= 0.3 is 0 Å². The fourth-order valence-electron chi connectivity index (χ4n) is 2.57. The van der Waals surface area contributed by atoms with E-state index in [4.69, 9.17) is 15.2 Å². The number of ether oxygens (including phenoxy) is 2. The first-order valence-electron chi connectivity index (χ1n) is 6.42. The van der Waals surface area contributed by atoms with Gasteiger partial charge in [-0.3, -0.25) is 0 Å². The van der Waals surface area contributed by atoms with Crippen molar-refractivity contribution >= 4 is 11.4 Å². The molecule has 0 saturated carbocycles. The molecule has 1 unspecified atom stereocenters. The molecular formula is C14H22N2O2. The number of nitrogens with two attached hydrogens (primary N) is 1. The van der Waals surface area contributed by atoms with Gasteiger partial charge in [0.2, 0.25) is 0 Å². The predicted molar refractivity (Wildman–Crippen MR) is 74.2 cm³/mol. The third-order valence-corrected chi connectivity index (χ3v) is 3.50. The Morgan fingerprint density at radius 3 is 2.94 bits per heavy atom. The lowest BCUT2D eigenvalue weighted by Crippen LogP contribution is -2.37. The maximum Gasteiger partial charge on any atom is 0.143 e. The quantitative estimate of drug-likeness (QED) is 0.832. The Labute approximate surface area is 109 Å². The minimum absolute atomic E-state index is 0.618. The molecule has 1 saturated heterocycles. The van der Waals surface area contributed by atoms with Gasteiger partial charge in [-0.05, 0) is 30.9 Å². The zero-order valence-electron chi connectivity index (χ0n) is 11.2. The number of nitrogens with zero attached hydrogens (tertiary/aromatic N) is 1. The first kappa shape index (κ1) is 13.0. The molecule has 1 atom stereocenters. The van der Waals surface area contributed by atoms with E-state index < -0.39 is 0 Å². The van der Waals surface area contributed by atoms with Crippen LogP contribution < -0.4 is 15.4 Å². The Morgan fingerprint density at radius 1 is 1.39 bits per heavy atom. The van der Waals surface area contributed by atoms with Crippen molar-refractivity contribution < 1.29 is 9.47 Å². The Kier molecular flexibility index (Phi) is 4.31. The van der Waals surface area contributed by atoms with Crippen LogP contribution in [0.15, 0.2) is 18.2 Å². The highest BCUT2D eigenvalue weighted by atomic mass is 16.5. The van der Waals surface area contributed by atoms with Gasteiger partial charge in [0.15, 0.2) is 0 Å². The van der Waals surface area contributed by atoms with Gasteiger partial charge in [0.05, 0.1) is 19.4 Å². The van der Waals surface area contributed by atoms with Crippen LogP contribution in [0, 0.1) is 5.92 Å².